The third-order valence-electron chi connectivity index (χ3n) is 3.99. The minimum atomic E-state index is 0.112. The molecule has 0 aromatic heterocycles. The maximum absolute atomic E-state index is 12.3. The molecule has 3 heteroatoms. The van der Waals surface area contributed by atoms with E-state index in [1.165, 1.54) is 5.56 Å². The first-order valence-corrected chi connectivity index (χ1v) is 8.12. The van der Waals surface area contributed by atoms with Gasteiger partial charge in [0, 0.05) is 19.0 Å². The highest BCUT2D eigenvalue weighted by atomic mass is 16.1. The van der Waals surface area contributed by atoms with Crippen molar-refractivity contribution < 1.29 is 4.79 Å². The Labute approximate surface area is 129 Å². The van der Waals surface area contributed by atoms with Gasteiger partial charge in [0.05, 0.1) is 0 Å². The van der Waals surface area contributed by atoms with Crippen molar-refractivity contribution in [1.29, 1.82) is 0 Å². The van der Waals surface area contributed by atoms with Crippen LogP contribution >= 0.6 is 0 Å². The normalized spacial score (nSPS) is 14.0. The van der Waals surface area contributed by atoms with Gasteiger partial charge < -0.3 is 11.1 Å². The van der Waals surface area contributed by atoms with E-state index in [0.717, 1.165) is 19.3 Å². The summed E-state index contributed by atoms with van der Waals surface area (Å²) in [6.45, 7) is 7.01. The number of hydrogen-bond donors (Lipinski definition) is 2. The van der Waals surface area contributed by atoms with Crippen LogP contribution in [0.25, 0.3) is 0 Å². The van der Waals surface area contributed by atoms with Crippen LogP contribution in [-0.4, -0.2) is 18.5 Å². The molecule has 1 aromatic carbocycles. The molecule has 0 bridgehead atoms. The first kappa shape index (κ1) is 17.7. The Kier molecular flexibility index (Phi) is 8.06. The summed E-state index contributed by atoms with van der Waals surface area (Å²) in [4.78, 5) is 12.3. The Morgan fingerprint density at radius 3 is 2.43 bits per heavy atom. The van der Waals surface area contributed by atoms with E-state index < -0.39 is 0 Å². The van der Waals surface area contributed by atoms with Crippen LogP contribution in [0.1, 0.15) is 57.9 Å². The van der Waals surface area contributed by atoms with Crippen molar-refractivity contribution in [3.63, 3.8) is 0 Å². The van der Waals surface area contributed by atoms with Gasteiger partial charge in [0.15, 0.2) is 0 Å². The van der Waals surface area contributed by atoms with Crippen LogP contribution < -0.4 is 11.1 Å². The van der Waals surface area contributed by atoms with E-state index in [2.05, 4.69) is 38.2 Å². The molecule has 0 spiro atoms. The maximum atomic E-state index is 12.3. The molecule has 0 aliphatic carbocycles. The summed E-state index contributed by atoms with van der Waals surface area (Å²) in [6.07, 6.45) is 3.74. The van der Waals surface area contributed by atoms with Gasteiger partial charge in [0.25, 0.3) is 0 Å². The Balaban J connectivity index is 2.61. The summed E-state index contributed by atoms with van der Waals surface area (Å²) >= 11 is 0. The van der Waals surface area contributed by atoms with Crippen molar-refractivity contribution in [1.82, 2.24) is 5.32 Å². The van der Waals surface area contributed by atoms with Gasteiger partial charge in [-0.25, -0.2) is 0 Å². The number of carbonyl (C=O) groups excluding carboxylic acids is 1. The van der Waals surface area contributed by atoms with Crippen LogP contribution in [0.5, 0.6) is 0 Å². The third kappa shape index (κ3) is 6.30. The quantitative estimate of drug-likeness (QED) is 0.732. The minimum absolute atomic E-state index is 0.112. The number of carbonyl (C=O) groups is 1. The number of nitrogens with one attached hydrogen (secondary N) is 1. The van der Waals surface area contributed by atoms with Gasteiger partial charge in [-0.1, -0.05) is 63.9 Å². The molecule has 2 unspecified atom stereocenters. The second-order valence-electron chi connectivity index (χ2n) is 6.11. The van der Waals surface area contributed by atoms with Crippen LogP contribution in [0.2, 0.25) is 0 Å². The number of hydrogen-bond acceptors (Lipinski definition) is 2. The molecular formula is C18H30N2O. The van der Waals surface area contributed by atoms with Gasteiger partial charge in [-0.15, -0.1) is 0 Å². The molecular weight excluding hydrogens is 260 g/mol. The van der Waals surface area contributed by atoms with Gasteiger partial charge in [0.2, 0.25) is 5.91 Å². The topological polar surface area (TPSA) is 55.1 Å². The van der Waals surface area contributed by atoms with Gasteiger partial charge in [-0.3, -0.25) is 4.79 Å². The monoisotopic (exact) mass is 290 g/mol. The molecule has 3 nitrogen and oxygen atoms in total. The summed E-state index contributed by atoms with van der Waals surface area (Å²) in [5.74, 6) is 0.810. The first-order chi connectivity index (χ1) is 10.1. The second-order valence-corrected chi connectivity index (χ2v) is 6.11. The van der Waals surface area contributed by atoms with Gasteiger partial charge in [0.1, 0.15) is 0 Å². The molecule has 1 amide bonds. The van der Waals surface area contributed by atoms with Crippen molar-refractivity contribution in [2.75, 3.05) is 6.54 Å². The fraction of sp³-hybridized carbons (Fsp3) is 0.611. The summed E-state index contributed by atoms with van der Waals surface area (Å²) < 4.78 is 0. The molecule has 21 heavy (non-hydrogen) atoms. The van der Waals surface area contributed by atoms with E-state index in [0.29, 0.717) is 18.9 Å². The molecule has 1 aromatic rings. The van der Waals surface area contributed by atoms with Gasteiger partial charge in [-0.2, -0.15) is 0 Å². The highest BCUT2D eigenvalue weighted by Crippen LogP contribution is 2.27. The lowest BCUT2D eigenvalue weighted by Crippen LogP contribution is -2.40. The number of unbranched alkanes of at least 4 members (excludes halogenated alkanes) is 1. The zero-order chi connectivity index (χ0) is 15.7. The lowest BCUT2D eigenvalue weighted by molar-refractivity contribution is -0.122. The smallest absolute Gasteiger partial charge is 0.220 e. The maximum Gasteiger partial charge on any atom is 0.220 e. The number of rotatable bonds is 9. The standard InChI is InChI=1S/C18H30N2O/c1-4-5-11-16(13-19)20-18(21)12-17(14(2)3)15-9-7-6-8-10-15/h6-10,14,16-17H,4-5,11-13,19H2,1-3H3,(H,20,21). The van der Waals surface area contributed by atoms with Gasteiger partial charge in [-0.05, 0) is 23.8 Å². The third-order valence-corrected chi connectivity index (χ3v) is 3.99. The molecule has 2 atom stereocenters. The zero-order valence-corrected chi connectivity index (χ0v) is 13.6. The second kappa shape index (κ2) is 9.56. The summed E-state index contributed by atoms with van der Waals surface area (Å²) in [6, 6.07) is 10.4. The number of benzene rings is 1. The molecule has 0 radical (unpaired) electrons. The van der Waals surface area contributed by atoms with Crippen LogP contribution in [0.4, 0.5) is 0 Å². The van der Waals surface area contributed by atoms with Crippen LogP contribution in [0.3, 0.4) is 0 Å². The van der Waals surface area contributed by atoms with Crippen LogP contribution in [0, 0.1) is 5.92 Å². The minimum Gasteiger partial charge on any atom is -0.352 e. The average Bonchev–Trinajstić information content (AvgIpc) is 2.49. The van der Waals surface area contributed by atoms with Crippen molar-refractivity contribution in [3.8, 4) is 0 Å². The van der Waals surface area contributed by atoms with Crippen molar-refractivity contribution in [2.45, 2.75) is 58.4 Å². The lowest BCUT2D eigenvalue weighted by atomic mass is 9.85. The number of amides is 1. The molecule has 118 valence electrons. The van der Waals surface area contributed by atoms with E-state index in [1.807, 2.05) is 18.2 Å². The van der Waals surface area contributed by atoms with E-state index in [9.17, 15) is 4.79 Å². The largest absolute Gasteiger partial charge is 0.352 e. The molecule has 0 aliphatic rings. The summed E-state index contributed by atoms with van der Waals surface area (Å²) in [7, 11) is 0. The SMILES string of the molecule is CCCCC(CN)NC(=O)CC(c1ccccc1)C(C)C. The highest BCUT2D eigenvalue weighted by molar-refractivity contribution is 5.77. The molecule has 0 heterocycles. The van der Waals surface area contributed by atoms with Gasteiger partial charge >= 0.3 is 0 Å². The average molecular weight is 290 g/mol. The first-order valence-electron chi connectivity index (χ1n) is 8.12. The fourth-order valence-corrected chi connectivity index (χ4v) is 2.62. The zero-order valence-electron chi connectivity index (χ0n) is 13.6. The van der Waals surface area contributed by atoms with Crippen LogP contribution in [-0.2, 0) is 4.79 Å². The Morgan fingerprint density at radius 1 is 1.24 bits per heavy atom. The van der Waals surface area contributed by atoms with E-state index in [-0.39, 0.29) is 17.9 Å². The summed E-state index contributed by atoms with van der Waals surface area (Å²) in [5.41, 5.74) is 6.99. The molecule has 3 N–H and O–H groups in total. The fourth-order valence-electron chi connectivity index (χ4n) is 2.62. The van der Waals surface area contributed by atoms with Crippen molar-refractivity contribution in [3.05, 3.63) is 35.9 Å². The predicted octanol–water partition coefficient (Wildman–Crippen LogP) is 3.45. The van der Waals surface area contributed by atoms with E-state index in [1.54, 1.807) is 0 Å². The highest BCUT2D eigenvalue weighted by Gasteiger charge is 2.20. The molecule has 0 fully saturated rings. The number of nitrogens with two attached hydrogens (primary N) is 1. The molecule has 0 saturated carbocycles. The van der Waals surface area contributed by atoms with Crippen LogP contribution in [0.15, 0.2) is 30.3 Å². The van der Waals surface area contributed by atoms with Crippen molar-refractivity contribution >= 4 is 5.91 Å². The summed E-state index contributed by atoms with van der Waals surface area (Å²) in [5, 5.41) is 3.09. The predicted molar refractivity (Wildman–Crippen MR) is 89.1 cm³/mol. The Morgan fingerprint density at radius 2 is 1.90 bits per heavy atom. The van der Waals surface area contributed by atoms with E-state index in [4.69, 9.17) is 5.73 Å². The molecule has 0 aliphatic heterocycles. The molecule has 0 saturated heterocycles. The molecule has 1 rings (SSSR count). The Hall–Kier alpha value is -1.35. The van der Waals surface area contributed by atoms with E-state index >= 15 is 0 Å². The lowest BCUT2D eigenvalue weighted by Gasteiger charge is -2.23. The van der Waals surface area contributed by atoms with Crippen molar-refractivity contribution in [2.24, 2.45) is 11.7 Å². The Bertz CT molecular complexity index is 403.